The number of aliphatic hydroxyl groups excluding tert-OH is 1. The summed E-state index contributed by atoms with van der Waals surface area (Å²) in [5, 5.41) is 9.39. The summed E-state index contributed by atoms with van der Waals surface area (Å²) in [7, 11) is 0. The third-order valence-electron chi connectivity index (χ3n) is 3.97. The largest absolute Gasteiger partial charge is 0.394 e. The van der Waals surface area contributed by atoms with E-state index in [0.29, 0.717) is 18.9 Å². The fourth-order valence-electron chi connectivity index (χ4n) is 2.73. The molecule has 1 fully saturated rings. The Morgan fingerprint density at radius 2 is 2.16 bits per heavy atom. The molecule has 0 radical (unpaired) electrons. The number of nitrogens with zero attached hydrogens (tertiary/aromatic N) is 1. The van der Waals surface area contributed by atoms with Crippen LogP contribution in [0.15, 0.2) is 30.3 Å². The molecule has 104 valence electrons. The molecule has 1 aromatic carbocycles. The van der Waals surface area contributed by atoms with Crippen molar-refractivity contribution in [2.24, 2.45) is 11.7 Å². The Labute approximate surface area is 114 Å². The summed E-state index contributed by atoms with van der Waals surface area (Å²) in [4.78, 5) is 14.1. The minimum atomic E-state index is -0.526. The first-order valence-corrected chi connectivity index (χ1v) is 6.84. The fourth-order valence-corrected chi connectivity index (χ4v) is 2.73. The molecule has 0 saturated carbocycles. The summed E-state index contributed by atoms with van der Waals surface area (Å²) >= 11 is 0. The number of benzene rings is 1. The standard InChI is InChI=1S/C15H22N2O2/c1-11-7-8-17(14(11)10-18)15(19)13(16)9-12-5-3-2-4-6-12/h2-6,11,13-14,18H,7-10,16H2,1H3/t11?,13-,14?/m0/s1. The topological polar surface area (TPSA) is 66.6 Å². The maximum Gasteiger partial charge on any atom is 0.240 e. The molecule has 0 spiro atoms. The maximum atomic E-state index is 12.4. The molecule has 0 aliphatic carbocycles. The van der Waals surface area contributed by atoms with Gasteiger partial charge >= 0.3 is 0 Å². The number of likely N-dealkylation sites (tertiary alicyclic amines) is 1. The number of rotatable bonds is 4. The van der Waals surface area contributed by atoms with E-state index >= 15 is 0 Å². The smallest absolute Gasteiger partial charge is 0.240 e. The fraction of sp³-hybridized carbons (Fsp3) is 0.533. The Morgan fingerprint density at radius 1 is 1.47 bits per heavy atom. The Morgan fingerprint density at radius 3 is 2.79 bits per heavy atom. The van der Waals surface area contributed by atoms with Crippen molar-refractivity contribution in [3.63, 3.8) is 0 Å². The van der Waals surface area contributed by atoms with Crippen molar-refractivity contribution in [1.29, 1.82) is 0 Å². The van der Waals surface area contributed by atoms with Gasteiger partial charge in [0.25, 0.3) is 0 Å². The van der Waals surface area contributed by atoms with Gasteiger partial charge in [-0.15, -0.1) is 0 Å². The quantitative estimate of drug-likeness (QED) is 0.843. The molecule has 4 nitrogen and oxygen atoms in total. The Balaban J connectivity index is 1.99. The lowest BCUT2D eigenvalue weighted by Gasteiger charge is -2.27. The van der Waals surface area contributed by atoms with Crippen molar-refractivity contribution in [2.75, 3.05) is 13.2 Å². The molecule has 19 heavy (non-hydrogen) atoms. The lowest BCUT2D eigenvalue weighted by atomic mass is 10.0. The monoisotopic (exact) mass is 262 g/mol. The first kappa shape index (κ1) is 14.0. The van der Waals surface area contributed by atoms with Crippen LogP contribution in [-0.4, -0.2) is 41.1 Å². The van der Waals surface area contributed by atoms with Gasteiger partial charge in [-0.25, -0.2) is 0 Å². The van der Waals surface area contributed by atoms with E-state index in [9.17, 15) is 9.90 Å². The molecule has 0 bridgehead atoms. The van der Waals surface area contributed by atoms with Gasteiger partial charge in [0, 0.05) is 6.54 Å². The van der Waals surface area contributed by atoms with Crippen molar-refractivity contribution in [2.45, 2.75) is 31.8 Å². The Bertz CT molecular complexity index is 421. The molecular weight excluding hydrogens is 240 g/mol. The summed E-state index contributed by atoms with van der Waals surface area (Å²) in [6.07, 6.45) is 1.48. The summed E-state index contributed by atoms with van der Waals surface area (Å²) < 4.78 is 0. The van der Waals surface area contributed by atoms with Gasteiger partial charge in [-0.05, 0) is 24.3 Å². The van der Waals surface area contributed by atoms with Crippen LogP contribution < -0.4 is 5.73 Å². The average molecular weight is 262 g/mol. The molecule has 1 amide bonds. The summed E-state index contributed by atoms with van der Waals surface area (Å²) in [5.41, 5.74) is 7.08. The van der Waals surface area contributed by atoms with Gasteiger partial charge < -0.3 is 15.7 Å². The summed E-state index contributed by atoms with van der Waals surface area (Å²) in [6, 6.07) is 9.19. The van der Waals surface area contributed by atoms with E-state index in [1.807, 2.05) is 30.3 Å². The molecule has 2 rings (SSSR count). The van der Waals surface area contributed by atoms with Crippen molar-refractivity contribution >= 4 is 5.91 Å². The molecule has 4 heteroatoms. The normalized spacial score (nSPS) is 24.5. The molecular formula is C15H22N2O2. The van der Waals surface area contributed by atoms with Crippen LogP contribution in [0.4, 0.5) is 0 Å². The third-order valence-corrected chi connectivity index (χ3v) is 3.97. The zero-order valence-electron chi connectivity index (χ0n) is 11.3. The second-order valence-corrected chi connectivity index (χ2v) is 5.34. The number of nitrogens with two attached hydrogens (primary N) is 1. The van der Waals surface area contributed by atoms with Crippen LogP contribution in [0.2, 0.25) is 0 Å². The predicted octanol–water partition coefficient (Wildman–Crippen LogP) is 0.786. The zero-order chi connectivity index (χ0) is 13.8. The SMILES string of the molecule is CC1CCN(C(=O)[C@@H](N)Cc2ccccc2)C1CO. The third kappa shape index (κ3) is 3.14. The van der Waals surface area contributed by atoms with E-state index in [4.69, 9.17) is 5.73 Å². The zero-order valence-corrected chi connectivity index (χ0v) is 11.3. The number of carbonyl (C=O) groups excluding carboxylic acids is 1. The van der Waals surface area contributed by atoms with Gasteiger partial charge in [0.05, 0.1) is 18.7 Å². The second-order valence-electron chi connectivity index (χ2n) is 5.34. The Hall–Kier alpha value is -1.39. The lowest BCUT2D eigenvalue weighted by molar-refractivity contribution is -0.134. The minimum Gasteiger partial charge on any atom is -0.394 e. The van der Waals surface area contributed by atoms with Crippen LogP contribution in [0.25, 0.3) is 0 Å². The van der Waals surface area contributed by atoms with Crippen LogP contribution in [0.3, 0.4) is 0 Å². The lowest BCUT2D eigenvalue weighted by Crippen LogP contribution is -2.48. The van der Waals surface area contributed by atoms with E-state index < -0.39 is 6.04 Å². The highest BCUT2D eigenvalue weighted by atomic mass is 16.3. The van der Waals surface area contributed by atoms with E-state index in [0.717, 1.165) is 12.0 Å². The van der Waals surface area contributed by atoms with E-state index in [1.165, 1.54) is 0 Å². The van der Waals surface area contributed by atoms with Gasteiger partial charge in [-0.1, -0.05) is 37.3 Å². The van der Waals surface area contributed by atoms with Gasteiger partial charge in [0.2, 0.25) is 5.91 Å². The van der Waals surface area contributed by atoms with Crippen LogP contribution in [0.5, 0.6) is 0 Å². The first-order chi connectivity index (χ1) is 9.13. The highest BCUT2D eigenvalue weighted by Crippen LogP contribution is 2.24. The number of amides is 1. The van der Waals surface area contributed by atoms with Gasteiger partial charge in [-0.2, -0.15) is 0 Å². The van der Waals surface area contributed by atoms with Gasteiger partial charge in [0.15, 0.2) is 0 Å². The minimum absolute atomic E-state index is 0.0188. The predicted molar refractivity (Wildman–Crippen MR) is 74.5 cm³/mol. The number of hydrogen-bond donors (Lipinski definition) is 2. The average Bonchev–Trinajstić information content (AvgIpc) is 2.80. The summed E-state index contributed by atoms with van der Waals surface area (Å²) in [5.74, 6) is 0.296. The van der Waals surface area contributed by atoms with Crippen molar-refractivity contribution in [3.05, 3.63) is 35.9 Å². The maximum absolute atomic E-state index is 12.4. The number of aliphatic hydroxyl groups is 1. The molecule has 3 N–H and O–H groups in total. The summed E-state index contributed by atoms with van der Waals surface area (Å²) in [6.45, 7) is 2.79. The highest BCUT2D eigenvalue weighted by Gasteiger charge is 2.35. The van der Waals surface area contributed by atoms with E-state index in [-0.39, 0.29) is 18.6 Å². The molecule has 1 aromatic rings. The molecule has 3 atom stereocenters. The van der Waals surface area contributed by atoms with Crippen molar-refractivity contribution in [3.8, 4) is 0 Å². The molecule has 1 aliphatic heterocycles. The van der Waals surface area contributed by atoms with Crippen LogP contribution in [0, 0.1) is 5.92 Å². The van der Waals surface area contributed by atoms with Gasteiger partial charge in [0.1, 0.15) is 0 Å². The van der Waals surface area contributed by atoms with E-state index in [1.54, 1.807) is 4.90 Å². The van der Waals surface area contributed by atoms with Crippen LogP contribution in [-0.2, 0) is 11.2 Å². The highest BCUT2D eigenvalue weighted by molar-refractivity contribution is 5.82. The van der Waals surface area contributed by atoms with Crippen molar-refractivity contribution in [1.82, 2.24) is 4.90 Å². The van der Waals surface area contributed by atoms with Crippen molar-refractivity contribution < 1.29 is 9.90 Å². The van der Waals surface area contributed by atoms with E-state index in [2.05, 4.69) is 6.92 Å². The Kier molecular flexibility index (Phi) is 4.56. The first-order valence-electron chi connectivity index (χ1n) is 6.84. The van der Waals surface area contributed by atoms with Crippen LogP contribution in [0.1, 0.15) is 18.9 Å². The molecule has 1 aliphatic rings. The van der Waals surface area contributed by atoms with Crippen LogP contribution >= 0.6 is 0 Å². The van der Waals surface area contributed by atoms with Gasteiger partial charge in [-0.3, -0.25) is 4.79 Å². The molecule has 2 unspecified atom stereocenters. The molecule has 1 saturated heterocycles. The number of hydrogen-bond acceptors (Lipinski definition) is 3. The molecule has 1 heterocycles. The second kappa shape index (κ2) is 6.17. The number of carbonyl (C=O) groups is 1. The molecule has 0 aromatic heterocycles.